The van der Waals surface area contributed by atoms with Gasteiger partial charge < -0.3 is 0 Å². The molecular weight excluding hydrogens is 262 g/mol. The van der Waals surface area contributed by atoms with E-state index in [2.05, 4.69) is 18.2 Å². The molecule has 0 bridgehead atoms. The van der Waals surface area contributed by atoms with E-state index >= 15 is 0 Å². The molecule has 3 nitrogen and oxygen atoms in total. The van der Waals surface area contributed by atoms with E-state index in [4.69, 9.17) is 4.84 Å². The Morgan fingerprint density at radius 2 is 1.90 bits per heavy atom. The third-order valence-electron chi connectivity index (χ3n) is 3.32. The first-order valence-corrected chi connectivity index (χ1v) is 7.00. The van der Waals surface area contributed by atoms with Gasteiger partial charge in [0.25, 0.3) is 0 Å². The highest BCUT2D eigenvalue weighted by molar-refractivity contribution is 5.85. The van der Waals surface area contributed by atoms with Crippen molar-refractivity contribution in [2.45, 2.75) is 20.4 Å². The van der Waals surface area contributed by atoms with Crippen LogP contribution >= 0.6 is 0 Å². The highest BCUT2D eigenvalue weighted by atomic mass is 16.7. The molecule has 0 atom stereocenters. The van der Waals surface area contributed by atoms with Crippen LogP contribution in [0.2, 0.25) is 0 Å². The average molecular weight is 282 g/mol. The molecule has 0 saturated carbocycles. The van der Waals surface area contributed by atoms with E-state index in [9.17, 15) is 4.79 Å². The molecule has 107 valence electrons. The van der Waals surface area contributed by atoms with Gasteiger partial charge in [0.1, 0.15) is 6.08 Å². The van der Waals surface area contributed by atoms with E-state index in [1.54, 1.807) is 11.6 Å². The minimum absolute atomic E-state index is 0.351. The SMILES string of the molecule is C/C=C(C)/C=C/C(=[O+])O[NH2+]Cc1cccc2ccccc12. The Kier molecular flexibility index (Phi) is 5.29. The topological polar surface area (TPSA) is 45.7 Å². The molecule has 3 heteroatoms. The summed E-state index contributed by atoms with van der Waals surface area (Å²) in [6.45, 7) is 4.46. The van der Waals surface area contributed by atoms with Crippen molar-refractivity contribution < 1.29 is 15.1 Å². The Morgan fingerprint density at radius 3 is 2.71 bits per heavy atom. The number of allylic oxidation sites excluding steroid dienone is 3. The number of rotatable bonds is 5. The van der Waals surface area contributed by atoms with Gasteiger partial charge in [-0.25, -0.2) is 0 Å². The molecule has 0 unspecified atom stereocenters. The average Bonchev–Trinajstić information content (AvgIpc) is 2.52. The van der Waals surface area contributed by atoms with Crippen molar-refractivity contribution in [2.24, 2.45) is 0 Å². The minimum atomic E-state index is -0.351. The van der Waals surface area contributed by atoms with Gasteiger partial charge in [-0.1, -0.05) is 64.4 Å². The molecule has 2 N–H and O–H groups in total. The number of carbonyl (C=O) groups excluding carboxylic acids is 1. The van der Waals surface area contributed by atoms with Crippen LogP contribution in [-0.4, -0.2) is 5.97 Å². The van der Waals surface area contributed by atoms with E-state index in [0.717, 1.165) is 11.1 Å². The fourth-order valence-corrected chi connectivity index (χ4v) is 2.02. The fraction of sp³-hybridized carbons (Fsp3) is 0.167. The summed E-state index contributed by atoms with van der Waals surface area (Å²) in [5.74, 6) is -0.351. The molecular formula is C18H20NO2+2. The Bertz CT molecular complexity index is 681. The lowest BCUT2D eigenvalue weighted by molar-refractivity contribution is -0.884. The van der Waals surface area contributed by atoms with Gasteiger partial charge in [-0.2, -0.15) is 0 Å². The van der Waals surface area contributed by atoms with Gasteiger partial charge in [0.15, 0.2) is 6.54 Å². The predicted octanol–water partition coefficient (Wildman–Crippen LogP) is 2.88. The van der Waals surface area contributed by atoms with E-state index in [-0.39, 0.29) is 5.97 Å². The molecule has 2 aromatic carbocycles. The molecule has 2 aromatic rings. The van der Waals surface area contributed by atoms with Crippen LogP contribution in [0.1, 0.15) is 19.4 Å². The van der Waals surface area contributed by atoms with Crippen molar-refractivity contribution in [1.29, 1.82) is 0 Å². The number of benzene rings is 2. The second-order valence-electron chi connectivity index (χ2n) is 4.81. The van der Waals surface area contributed by atoms with E-state index in [0.29, 0.717) is 6.54 Å². The van der Waals surface area contributed by atoms with Crippen LogP contribution in [0.5, 0.6) is 0 Å². The molecule has 0 heterocycles. The second kappa shape index (κ2) is 7.41. The van der Waals surface area contributed by atoms with Gasteiger partial charge in [0.2, 0.25) is 0 Å². The van der Waals surface area contributed by atoms with Crippen molar-refractivity contribution in [3.63, 3.8) is 0 Å². The molecule has 2 rings (SSSR count). The van der Waals surface area contributed by atoms with Crippen LogP contribution in [0.3, 0.4) is 0 Å². The van der Waals surface area contributed by atoms with Gasteiger partial charge >= 0.3 is 5.97 Å². The molecule has 0 aliphatic carbocycles. The standard InChI is InChI=1S/C18H19NO2/c1-3-14(2)11-12-18(20)21-19-13-16-9-6-8-15-7-4-5-10-17(15)16/h3-12,19H,13H2,1-2H3/q+1/p+1/b12-11+,14-3+. The Labute approximate surface area is 124 Å². The maximum atomic E-state index is 11.5. The quantitative estimate of drug-likeness (QED) is 0.397. The van der Waals surface area contributed by atoms with Crippen molar-refractivity contribution in [3.8, 4) is 0 Å². The molecule has 0 spiro atoms. The molecule has 1 radical (unpaired) electrons. The summed E-state index contributed by atoms with van der Waals surface area (Å²) in [7, 11) is 0. The normalized spacial score (nSPS) is 12.0. The number of fused-ring (bicyclic) bond motifs is 1. The number of quaternary nitrogens is 1. The lowest BCUT2D eigenvalue weighted by atomic mass is 10.1. The fourth-order valence-electron chi connectivity index (χ4n) is 2.02. The largest absolute Gasteiger partial charge is 0.662 e. The van der Waals surface area contributed by atoms with Crippen LogP contribution in [0.15, 0.2) is 66.3 Å². The van der Waals surface area contributed by atoms with Crippen molar-refractivity contribution in [2.75, 3.05) is 0 Å². The zero-order valence-electron chi connectivity index (χ0n) is 12.4. The third-order valence-corrected chi connectivity index (χ3v) is 3.32. The zero-order valence-corrected chi connectivity index (χ0v) is 12.4. The van der Waals surface area contributed by atoms with Crippen molar-refractivity contribution in [3.05, 3.63) is 71.8 Å². The summed E-state index contributed by atoms with van der Waals surface area (Å²) in [6, 6.07) is 14.3. The van der Waals surface area contributed by atoms with Crippen LogP contribution in [0.25, 0.3) is 10.8 Å². The van der Waals surface area contributed by atoms with Crippen LogP contribution in [0, 0.1) is 0 Å². The summed E-state index contributed by atoms with van der Waals surface area (Å²) < 4.78 is 0. The Morgan fingerprint density at radius 1 is 1.14 bits per heavy atom. The Balaban J connectivity index is 1.94. The predicted molar refractivity (Wildman–Crippen MR) is 84.2 cm³/mol. The third kappa shape index (κ3) is 4.29. The highest BCUT2D eigenvalue weighted by Gasteiger charge is 2.16. The van der Waals surface area contributed by atoms with Crippen LogP contribution < -0.4 is 5.48 Å². The van der Waals surface area contributed by atoms with E-state index in [1.807, 2.05) is 44.2 Å². The number of carbonyl (C=O) groups is 1. The number of hydrogen-bond acceptors (Lipinski definition) is 2. The van der Waals surface area contributed by atoms with Gasteiger partial charge in [-0.05, 0) is 30.7 Å². The molecule has 0 aromatic heterocycles. The summed E-state index contributed by atoms with van der Waals surface area (Å²) in [4.78, 5) is 16.7. The lowest BCUT2D eigenvalue weighted by Gasteiger charge is -2.01. The first-order chi connectivity index (χ1) is 10.2. The van der Waals surface area contributed by atoms with Gasteiger partial charge in [0, 0.05) is 5.56 Å². The molecule has 0 aliphatic rings. The number of hydroxylamine groups is 1. The van der Waals surface area contributed by atoms with Gasteiger partial charge in [0.05, 0.1) is 4.79 Å². The van der Waals surface area contributed by atoms with Crippen LogP contribution in [-0.2, 0) is 16.2 Å². The number of hydrogen-bond donors (Lipinski definition) is 1. The number of nitrogens with two attached hydrogens (primary N) is 1. The molecule has 0 saturated heterocycles. The molecule has 0 aliphatic heterocycles. The summed E-state index contributed by atoms with van der Waals surface area (Å²) >= 11 is 0. The first kappa shape index (κ1) is 15.0. The van der Waals surface area contributed by atoms with Crippen molar-refractivity contribution >= 4 is 16.7 Å². The molecule has 0 amide bonds. The van der Waals surface area contributed by atoms with Gasteiger partial charge in [-0.3, -0.25) is 0 Å². The Hall–Kier alpha value is -2.39. The minimum Gasteiger partial charge on any atom is -0.0847 e. The maximum Gasteiger partial charge on any atom is 0.662 e. The molecule has 0 fully saturated rings. The first-order valence-electron chi connectivity index (χ1n) is 7.00. The van der Waals surface area contributed by atoms with E-state index < -0.39 is 0 Å². The van der Waals surface area contributed by atoms with Gasteiger partial charge in [-0.15, -0.1) is 0 Å². The monoisotopic (exact) mass is 282 g/mol. The van der Waals surface area contributed by atoms with Crippen molar-refractivity contribution in [1.82, 2.24) is 0 Å². The smallest absolute Gasteiger partial charge is 0.0847 e. The maximum absolute atomic E-state index is 11.5. The van der Waals surface area contributed by atoms with E-state index in [1.165, 1.54) is 16.8 Å². The summed E-state index contributed by atoms with van der Waals surface area (Å²) in [6.07, 6.45) is 5.12. The van der Waals surface area contributed by atoms with Crippen LogP contribution in [0.4, 0.5) is 0 Å². The summed E-state index contributed by atoms with van der Waals surface area (Å²) in [5, 5.41) is 2.38. The summed E-state index contributed by atoms with van der Waals surface area (Å²) in [5.41, 5.74) is 3.73. The lowest BCUT2D eigenvalue weighted by Crippen LogP contribution is -2.82. The second-order valence-corrected chi connectivity index (χ2v) is 4.81. The highest BCUT2D eigenvalue weighted by Crippen LogP contribution is 2.17. The molecule has 21 heavy (non-hydrogen) atoms. The zero-order chi connectivity index (χ0) is 15.1.